The number of nitrogens with one attached hydrogen (secondary N) is 3. The molecule has 0 saturated heterocycles. The Morgan fingerprint density at radius 2 is 1.36 bits per heavy atom. The number of amides is 3. The van der Waals surface area contributed by atoms with Crippen molar-refractivity contribution in [3.8, 4) is 0 Å². The van der Waals surface area contributed by atoms with Crippen molar-refractivity contribution in [2.75, 3.05) is 100 Å². The Hall–Kier alpha value is -2.04. The predicted molar refractivity (Wildman–Crippen MR) is 151 cm³/mol. The van der Waals surface area contributed by atoms with Crippen LogP contribution in [0.2, 0.25) is 0 Å². The maximum Gasteiger partial charge on any atom is 0.409 e. The number of hydrogen-bond donors (Lipinski definition) is 4. The Kier molecular flexibility index (Phi) is 26.4. The fraction of sp³-hybridized carbons (Fsp3) is 0.880. The molecule has 4 N–H and O–H groups in total. The van der Waals surface area contributed by atoms with Gasteiger partial charge in [0.2, 0.25) is 5.91 Å². The van der Waals surface area contributed by atoms with Crippen molar-refractivity contribution in [1.29, 1.82) is 0 Å². The van der Waals surface area contributed by atoms with E-state index in [2.05, 4.69) is 16.0 Å². The number of carbonyl (C=O) groups excluding carboxylic acids is 3. The molecule has 2 atom stereocenters. The first kappa shape index (κ1) is 40.0. The van der Waals surface area contributed by atoms with E-state index in [4.69, 9.17) is 42.6 Å². The van der Waals surface area contributed by atoms with Crippen LogP contribution in [-0.4, -0.2) is 129 Å². The Bertz CT molecular complexity index is 742. The molecule has 16 nitrogen and oxygen atoms in total. The lowest BCUT2D eigenvalue weighted by atomic mass is 10.2. The minimum atomic E-state index is -3.43. The minimum absolute atomic E-state index is 0.0612. The second-order valence-electron chi connectivity index (χ2n) is 8.95. The van der Waals surface area contributed by atoms with E-state index >= 15 is 0 Å². The highest BCUT2D eigenvalue weighted by Gasteiger charge is 2.16. The van der Waals surface area contributed by atoms with Gasteiger partial charge >= 0.3 is 19.8 Å². The summed E-state index contributed by atoms with van der Waals surface area (Å²) in [6, 6.07) is 0. The number of rotatable bonds is 28. The highest BCUT2D eigenvalue weighted by molar-refractivity contribution is 7.51. The van der Waals surface area contributed by atoms with Crippen LogP contribution in [0.15, 0.2) is 0 Å². The minimum Gasteiger partial charge on any atom is -0.447 e. The number of ether oxygens (including phenoxy) is 7. The molecule has 0 aromatic heterocycles. The topological polar surface area (TPSA) is 198 Å². The van der Waals surface area contributed by atoms with Crippen molar-refractivity contribution < 1.29 is 61.5 Å². The molecule has 0 aromatic carbocycles. The molecule has 0 aliphatic rings. The van der Waals surface area contributed by atoms with Crippen LogP contribution < -0.4 is 16.0 Å². The van der Waals surface area contributed by atoms with Gasteiger partial charge < -0.3 is 53.2 Å². The van der Waals surface area contributed by atoms with E-state index in [1.54, 1.807) is 7.11 Å². The zero-order valence-corrected chi connectivity index (χ0v) is 26.0. The van der Waals surface area contributed by atoms with Crippen LogP contribution >= 0.6 is 7.60 Å². The summed E-state index contributed by atoms with van der Waals surface area (Å²) in [6.45, 7) is 3.73. The van der Waals surface area contributed by atoms with Crippen molar-refractivity contribution in [2.45, 2.75) is 44.6 Å². The van der Waals surface area contributed by atoms with Crippen molar-refractivity contribution in [3.63, 3.8) is 0 Å². The standard InChI is InChI=1S/C25H50N3O13P/c1-34-15-17-36-14-11-27-24(30)39-19-22(20-40-25(31)28-21-37-18-16-35-2)38-12-8-9-23(29)26-10-6-4-5-7-13-41-42(3,32)33/h22H,4-21H2,1-3H3,(H,26,29)(H,27,30)(H,28,31)(H,32,33). The zero-order chi connectivity index (χ0) is 31.3. The average molecular weight is 632 g/mol. The molecule has 248 valence electrons. The maximum atomic E-state index is 12.1. The Balaban J connectivity index is 4.25. The van der Waals surface area contributed by atoms with Gasteiger partial charge in [-0.05, 0) is 19.3 Å². The normalized spacial score (nSPS) is 13.1. The Morgan fingerprint density at radius 3 is 2.02 bits per heavy atom. The molecule has 3 amide bonds. The summed E-state index contributed by atoms with van der Waals surface area (Å²) in [5.41, 5.74) is 0. The van der Waals surface area contributed by atoms with Gasteiger partial charge in [0.15, 0.2) is 0 Å². The van der Waals surface area contributed by atoms with Gasteiger partial charge in [0.1, 0.15) is 26.0 Å². The second kappa shape index (κ2) is 27.8. The monoisotopic (exact) mass is 631 g/mol. The van der Waals surface area contributed by atoms with E-state index in [0.717, 1.165) is 25.9 Å². The third kappa shape index (κ3) is 29.5. The van der Waals surface area contributed by atoms with Crippen LogP contribution in [0.3, 0.4) is 0 Å². The number of alkyl carbamates (subject to hydrolysis) is 2. The molecule has 0 heterocycles. The molecule has 0 spiro atoms. The first-order valence-electron chi connectivity index (χ1n) is 14.0. The van der Waals surface area contributed by atoms with Crippen LogP contribution in [0.1, 0.15) is 38.5 Å². The molecule has 0 aliphatic heterocycles. The smallest absolute Gasteiger partial charge is 0.409 e. The van der Waals surface area contributed by atoms with Gasteiger partial charge in [-0.15, -0.1) is 0 Å². The van der Waals surface area contributed by atoms with Crippen molar-refractivity contribution in [2.24, 2.45) is 0 Å². The van der Waals surface area contributed by atoms with Gasteiger partial charge in [-0.3, -0.25) is 14.7 Å². The van der Waals surface area contributed by atoms with Crippen LogP contribution in [0.5, 0.6) is 0 Å². The second-order valence-corrected chi connectivity index (χ2v) is 10.8. The van der Waals surface area contributed by atoms with E-state index in [-0.39, 0.29) is 52.0 Å². The average Bonchev–Trinajstić information content (AvgIpc) is 2.94. The van der Waals surface area contributed by atoms with Gasteiger partial charge in [0.05, 0.1) is 39.6 Å². The van der Waals surface area contributed by atoms with Crippen molar-refractivity contribution >= 4 is 25.7 Å². The third-order valence-electron chi connectivity index (χ3n) is 5.12. The lowest BCUT2D eigenvalue weighted by Gasteiger charge is -2.18. The predicted octanol–water partition coefficient (Wildman–Crippen LogP) is 1.40. The molecule has 0 saturated carbocycles. The summed E-state index contributed by atoms with van der Waals surface area (Å²) in [5.74, 6) is -0.127. The molecular weight excluding hydrogens is 581 g/mol. The van der Waals surface area contributed by atoms with Gasteiger partial charge in [0, 0.05) is 47.0 Å². The number of carbonyl (C=O) groups is 3. The van der Waals surface area contributed by atoms with Gasteiger partial charge in [0.25, 0.3) is 0 Å². The van der Waals surface area contributed by atoms with E-state index in [1.807, 2.05) is 0 Å². The van der Waals surface area contributed by atoms with Crippen LogP contribution in [0.25, 0.3) is 0 Å². The quantitative estimate of drug-likeness (QED) is 0.0549. The molecule has 17 heteroatoms. The van der Waals surface area contributed by atoms with Gasteiger partial charge in [-0.1, -0.05) is 12.8 Å². The third-order valence-corrected chi connectivity index (χ3v) is 5.79. The molecule has 0 rings (SSSR count). The fourth-order valence-electron chi connectivity index (χ4n) is 2.99. The molecule has 0 aromatic rings. The van der Waals surface area contributed by atoms with Gasteiger partial charge in [-0.2, -0.15) is 0 Å². The molecule has 2 unspecified atom stereocenters. The summed E-state index contributed by atoms with van der Waals surface area (Å²) < 4.78 is 52.0. The molecule has 0 radical (unpaired) electrons. The number of hydrogen-bond acceptors (Lipinski definition) is 12. The summed E-state index contributed by atoms with van der Waals surface area (Å²) in [7, 11) is -0.329. The Morgan fingerprint density at radius 1 is 0.714 bits per heavy atom. The lowest BCUT2D eigenvalue weighted by molar-refractivity contribution is -0.121. The summed E-state index contributed by atoms with van der Waals surface area (Å²) in [5, 5.41) is 7.79. The van der Waals surface area contributed by atoms with E-state index in [9.17, 15) is 18.9 Å². The zero-order valence-electron chi connectivity index (χ0n) is 25.1. The molecule has 0 aliphatic carbocycles. The summed E-state index contributed by atoms with van der Waals surface area (Å²) in [4.78, 5) is 45.0. The van der Waals surface area contributed by atoms with Crippen molar-refractivity contribution in [3.05, 3.63) is 0 Å². The maximum absolute atomic E-state index is 12.1. The largest absolute Gasteiger partial charge is 0.447 e. The first-order chi connectivity index (χ1) is 20.2. The lowest BCUT2D eigenvalue weighted by Crippen LogP contribution is -2.35. The number of methoxy groups -OCH3 is 2. The van der Waals surface area contributed by atoms with E-state index in [0.29, 0.717) is 52.4 Å². The molecular formula is C25H50N3O13P. The highest BCUT2D eigenvalue weighted by Crippen LogP contribution is 2.36. The first-order valence-corrected chi connectivity index (χ1v) is 16.0. The SMILES string of the molecule is COCCOCCNC(=O)OCC(COC(=O)NCOCCOC)OCCCC(=O)NCCCCCCOP(C)(=O)O. The van der Waals surface area contributed by atoms with Crippen LogP contribution in [0, 0.1) is 0 Å². The van der Waals surface area contributed by atoms with E-state index in [1.165, 1.54) is 7.11 Å². The molecule has 42 heavy (non-hydrogen) atoms. The highest BCUT2D eigenvalue weighted by atomic mass is 31.2. The van der Waals surface area contributed by atoms with Crippen molar-refractivity contribution in [1.82, 2.24) is 16.0 Å². The molecule has 0 bridgehead atoms. The van der Waals surface area contributed by atoms with E-state index < -0.39 is 25.9 Å². The fourth-order valence-corrected chi connectivity index (χ4v) is 3.46. The Labute approximate surface area is 248 Å². The van der Waals surface area contributed by atoms with Crippen LogP contribution in [0.4, 0.5) is 9.59 Å². The van der Waals surface area contributed by atoms with Gasteiger partial charge in [-0.25, -0.2) is 9.59 Å². The summed E-state index contributed by atoms with van der Waals surface area (Å²) >= 11 is 0. The number of unbranched alkanes of at least 4 members (excludes halogenated alkanes) is 3. The summed E-state index contributed by atoms with van der Waals surface area (Å²) in [6.07, 6.45) is 1.60. The molecule has 0 fully saturated rings. The van der Waals surface area contributed by atoms with Crippen LogP contribution in [-0.2, 0) is 47.0 Å².